The summed E-state index contributed by atoms with van der Waals surface area (Å²) in [4.78, 5) is 16.1. The Hall–Kier alpha value is -1.55. The lowest BCUT2D eigenvalue weighted by Gasteiger charge is -2.08. The third-order valence-electron chi connectivity index (χ3n) is 2.85. The Morgan fingerprint density at radius 3 is 2.89 bits per heavy atom. The molecular weight excluding hydrogens is 264 g/mol. The number of aryl methyl sites for hydroxylation is 1. The van der Waals surface area contributed by atoms with Crippen molar-refractivity contribution in [1.82, 2.24) is 9.55 Å². The summed E-state index contributed by atoms with van der Waals surface area (Å²) in [5.74, 6) is 0.453. The molecule has 0 fully saturated rings. The number of halogens is 1. The second kappa shape index (κ2) is 6.06. The minimum atomic E-state index is -0.258. The van der Waals surface area contributed by atoms with E-state index in [0.29, 0.717) is 17.5 Å². The minimum Gasteiger partial charge on any atom is -0.466 e. The number of nitrogens with zero attached hydrogens (tertiary/aromatic N) is 2. The summed E-state index contributed by atoms with van der Waals surface area (Å²) < 4.78 is 6.99. The fourth-order valence-corrected chi connectivity index (χ4v) is 2.40. The summed E-state index contributed by atoms with van der Waals surface area (Å²) in [7, 11) is 0. The molecule has 0 amide bonds. The molecule has 4 nitrogen and oxygen atoms in total. The molecular formula is C14H17ClN2O2. The van der Waals surface area contributed by atoms with Crippen LogP contribution >= 0.6 is 11.6 Å². The maximum atomic E-state index is 11.6. The predicted molar refractivity (Wildman–Crippen MR) is 75.4 cm³/mol. The van der Waals surface area contributed by atoms with Crippen molar-refractivity contribution in [1.29, 1.82) is 0 Å². The van der Waals surface area contributed by atoms with E-state index in [0.717, 1.165) is 24.0 Å². The van der Waals surface area contributed by atoms with Crippen LogP contribution in [0.2, 0.25) is 5.02 Å². The van der Waals surface area contributed by atoms with Crippen molar-refractivity contribution in [2.75, 3.05) is 6.61 Å². The Balaban J connectivity index is 2.45. The monoisotopic (exact) mass is 280 g/mol. The number of fused-ring (bicyclic) bond motifs is 1. The number of para-hydroxylation sites is 1. The number of carbonyl (C=O) groups excluding carboxylic acids is 1. The lowest BCUT2D eigenvalue weighted by atomic mass is 10.3. The lowest BCUT2D eigenvalue weighted by molar-refractivity contribution is -0.142. The van der Waals surface area contributed by atoms with Gasteiger partial charge in [0.1, 0.15) is 12.2 Å². The maximum Gasteiger partial charge on any atom is 0.313 e. The predicted octanol–water partition coefficient (Wildman–Crippen LogP) is 3.21. The van der Waals surface area contributed by atoms with Gasteiger partial charge in [0.2, 0.25) is 0 Å². The van der Waals surface area contributed by atoms with E-state index in [9.17, 15) is 4.79 Å². The average molecular weight is 281 g/mol. The largest absolute Gasteiger partial charge is 0.466 e. The number of hydrogen-bond acceptors (Lipinski definition) is 3. The summed E-state index contributed by atoms with van der Waals surface area (Å²) in [5, 5.41) is 0.661. The number of rotatable bonds is 5. The standard InChI is InChI=1S/C14H17ClN2O2/c1-3-8-17-12(9-13(18)19-4-2)16-11-7-5-6-10(15)14(11)17/h5-7H,3-4,8-9H2,1-2H3. The zero-order valence-electron chi connectivity index (χ0n) is 11.1. The Labute approximate surface area is 117 Å². The topological polar surface area (TPSA) is 44.1 Å². The van der Waals surface area contributed by atoms with Gasteiger partial charge >= 0.3 is 5.97 Å². The fourth-order valence-electron chi connectivity index (χ4n) is 2.13. The number of hydrogen-bond donors (Lipinski definition) is 0. The van der Waals surface area contributed by atoms with Gasteiger partial charge in [0, 0.05) is 6.54 Å². The van der Waals surface area contributed by atoms with Gasteiger partial charge in [0.05, 0.1) is 22.7 Å². The van der Waals surface area contributed by atoms with Crippen LogP contribution in [0.15, 0.2) is 18.2 Å². The Morgan fingerprint density at radius 1 is 1.42 bits per heavy atom. The molecule has 19 heavy (non-hydrogen) atoms. The lowest BCUT2D eigenvalue weighted by Crippen LogP contribution is -2.13. The number of imidazole rings is 1. The van der Waals surface area contributed by atoms with E-state index >= 15 is 0 Å². The second-order valence-corrected chi connectivity index (χ2v) is 4.68. The Kier molecular flexibility index (Phi) is 4.43. The third-order valence-corrected chi connectivity index (χ3v) is 3.16. The molecule has 1 heterocycles. The molecule has 0 aliphatic heterocycles. The van der Waals surface area contributed by atoms with Crippen molar-refractivity contribution in [3.8, 4) is 0 Å². The molecule has 2 aromatic rings. The molecule has 102 valence electrons. The van der Waals surface area contributed by atoms with Gasteiger partial charge in [0.25, 0.3) is 0 Å². The van der Waals surface area contributed by atoms with Crippen LogP contribution in [-0.2, 0) is 22.5 Å². The van der Waals surface area contributed by atoms with E-state index in [1.807, 2.05) is 22.8 Å². The van der Waals surface area contributed by atoms with Crippen molar-refractivity contribution in [3.05, 3.63) is 29.0 Å². The molecule has 0 spiro atoms. The molecule has 1 aromatic carbocycles. The zero-order valence-corrected chi connectivity index (χ0v) is 11.9. The molecule has 2 rings (SSSR count). The third kappa shape index (κ3) is 2.89. The first-order valence-corrected chi connectivity index (χ1v) is 6.84. The summed E-state index contributed by atoms with van der Waals surface area (Å²) in [6, 6.07) is 5.61. The molecule has 5 heteroatoms. The van der Waals surface area contributed by atoms with Crippen molar-refractivity contribution in [2.24, 2.45) is 0 Å². The maximum absolute atomic E-state index is 11.6. The SMILES string of the molecule is CCCn1c(CC(=O)OCC)nc2cccc(Cl)c21. The molecule has 1 aromatic heterocycles. The number of benzene rings is 1. The fraction of sp³-hybridized carbons (Fsp3) is 0.429. The molecule has 0 N–H and O–H groups in total. The van der Waals surface area contributed by atoms with Crippen molar-refractivity contribution in [3.63, 3.8) is 0 Å². The van der Waals surface area contributed by atoms with E-state index in [4.69, 9.17) is 16.3 Å². The van der Waals surface area contributed by atoms with E-state index in [2.05, 4.69) is 11.9 Å². The first-order valence-electron chi connectivity index (χ1n) is 6.46. The quantitative estimate of drug-likeness (QED) is 0.790. The van der Waals surface area contributed by atoms with Gasteiger partial charge in [0.15, 0.2) is 0 Å². The highest BCUT2D eigenvalue weighted by Gasteiger charge is 2.16. The van der Waals surface area contributed by atoms with Crippen LogP contribution in [0.3, 0.4) is 0 Å². The first-order chi connectivity index (χ1) is 9.17. The van der Waals surface area contributed by atoms with Crippen LogP contribution in [-0.4, -0.2) is 22.1 Å². The van der Waals surface area contributed by atoms with Crippen LogP contribution in [0.5, 0.6) is 0 Å². The van der Waals surface area contributed by atoms with Crippen LogP contribution in [0.1, 0.15) is 26.1 Å². The highest BCUT2D eigenvalue weighted by molar-refractivity contribution is 6.35. The van der Waals surface area contributed by atoms with Crippen molar-refractivity contribution < 1.29 is 9.53 Å². The summed E-state index contributed by atoms with van der Waals surface area (Å²) in [5.41, 5.74) is 1.71. The highest BCUT2D eigenvalue weighted by Crippen LogP contribution is 2.25. The Bertz CT molecular complexity index is 592. The van der Waals surface area contributed by atoms with Crippen molar-refractivity contribution in [2.45, 2.75) is 33.2 Å². The van der Waals surface area contributed by atoms with E-state index in [-0.39, 0.29) is 12.4 Å². The summed E-state index contributed by atoms with van der Waals surface area (Å²) in [6.07, 6.45) is 1.13. The van der Waals surface area contributed by atoms with Crippen LogP contribution in [0.4, 0.5) is 0 Å². The molecule has 0 unspecified atom stereocenters. The Morgan fingerprint density at radius 2 is 2.21 bits per heavy atom. The first kappa shape index (κ1) is 13.9. The molecule has 0 aliphatic carbocycles. The molecule has 0 radical (unpaired) electrons. The smallest absolute Gasteiger partial charge is 0.313 e. The average Bonchev–Trinajstić information content (AvgIpc) is 2.69. The normalized spacial score (nSPS) is 10.9. The molecule has 0 saturated carbocycles. The summed E-state index contributed by atoms with van der Waals surface area (Å²) in [6.45, 7) is 5.04. The van der Waals surface area contributed by atoms with Gasteiger partial charge in [-0.1, -0.05) is 24.6 Å². The van der Waals surface area contributed by atoms with Crippen molar-refractivity contribution >= 4 is 28.6 Å². The molecule has 0 aliphatic rings. The van der Waals surface area contributed by atoms with Gasteiger partial charge in [-0.05, 0) is 25.5 Å². The molecule has 0 saturated heterocycles. The van der Waals surface area contributed by atoms with Crippen LogP contribution < -0.4 is 0 Å². The van der Waals surface area contributed by atoms with Gasteiger partial charge in [-0.25, -0.2) is 4.98 Å². The van der Waals surface area contributed by atoms with Crippen LogP contribution in [0, 0.1) is 0 Å². The number of aromatic nitrogens is 2. The highest BCUT2D eigenvalue weighted by atomic mass is 35.5. The van der Waals surface area contributed by atoms with Gasteiger partial charge in [-0.15, -0.1) is 0 Å². The minimum absolute atomic E-state index is 0.179. The molecule has 0 atom stereocenters. The van der Waals surface area contributed by atoms with Crippen LogP contribution in [0.25, 0.3) is 11.0 Å². The zero-order chi connectivity index (χ0) is 13.8. The molecule has 0 bridgehead atoms. The van der Waals surface area contributed by atoms with Gasteiger partial charge in [-0.3, -0.25) is 4.79 Å². The number of esters is 1. The number of ether oxygens (including phenoxy) is 1. The van der Waals surface area contributed by atoms with Gasteiger partial charge in [-0.2, -0.15) is 0 Å². The second-order valence-electron chi connectivity index (χ2n) is 4.27. The van der Waals surface area contributed by atoms with E-state index in [1.165, 1.54) is 0 Å². The summed E-state index contributed by atoms with van der Waals surface area (Å²) >= 11 is 6.23. The van der Waals surface area contributed by atoms with E-state index in [1.54, 1.807) is 6.92 Å². The number of carbonyl (C=O) groups is 1. The van der Waals surface area contributed by atoms with E-state index < -0.39 is 0 Å². The van der Waals surface area contributed by atoms with Gasteiger partial charge < -0.3 is 9.30 Å².